The van der Waals surface area contributed by atoms with E-state index in [4.69, 9.17) is 0 Å². The van der Waals surface area contributed by atoms with Crippen LogP contribution in [-0.2, 0) is 16.1 Å². The Morgan fingerprint density at radius 2 is 1.70 bits per heavy atom. The second kappa shape index (κ2) is 8.14. The van der Waals surface area contributed by atoms with E-state index in [1.165, 1.54) is 5.56 Å². The minimum Gasteiger partial charge on any atom is -0.354 e. The summed E-state index contributed by atoms with van der Waals surface area (Å²) in [7, 11) is 0. The Bertz CT molecular complexity index is 546. The first-order valence-corrected chi connectivity index (χ1v) is 8.59. The number of aryl methyl sites for hydroxylation is 1. The highest BCUT2D eigenvalue weighted by Crippen LogP contribution is 2.29. The molecule has 0 spiro atoms. The Hall–Kier alpha value is -1.84. The number of hydrogen-bond donors (Lipinski definition) is 2. The lowest BCUT2D eigenvalue weighted by molar-refractivity contribution is -0.130. The maximum absolute atomic E-state index is 12.3. The van der Waals surface area contributed by atoms with Gasteiger partial charge in [-0.1, -0.05) is 29.8 Å². The Labute approximate surface area is 139 Å². The largest absolute Gasteiger partial charge is 0.354 e. The van der Waals surface area contributed by atoms with Crippen molar-refractivity contribution in [2.75, 3.05) is 0 Å². The van der Waals surface area contributed by atoms with E-state index in [-0.39, 0.29) is 29.7 Å². The smallest absolute Gasteiger partial charge is 0.223 e. The van der Waals surface area contributed by atoms with Crippen molar-refractivity contribution in [3.8, 4) is 0 Å². The molecule has 1 saturated carbocycles. The first-order valence-electron chi connectivity index (χ1n) is 8.59. The number of amides is 2. The summed E-state index contributed by atoms with van der Waals surface area (Å²) in [5, 5.41) is 6.00. The standard InChI is InChI=1S/C19H28N2O2/c1-13(2)21-19(23)17-9-7-16(8-10-17)18(22)20-12-15-6-4-5-14(3)11-15/h4-6,11,13,16-17H,7-10,12H2,1-3H3,(H,20,22)(H,21,23). The van der Waals surface area contributed by atoms with Crippen LogP contribution in [0.25, 0.3) is 0 Å². The van der Waals surface area contributed by atoms with Gasteiger partial charge in [-0.05, 0) is 52.0 Å². The summed E-state index contributed by atoms with van der Waals surface area (Å²) in [4.78, 5) is 24.3. The van der Waals surface area contributed by atoms with E-state index in [0.29, 0.717) is 6.54 Å². The zero-order valence-electron chi connectivity index (χ0n) is 14.4. The zero-order chi connectivity index (χ0) is 16.8. The minimum atomic E-state index is 0.0444. The summed E-state index contributed by atoms with van der Waals surface area (Å²) < 4.78 is 0. The lowest BCUT2D eigenvalue weighted by Crippen LogP contribution is -2.39. The number of carbonyl (C=O) groups is 2. The molecule has 2 amide bonds. The van der Waals surface area contributed by atoms with Crippen LogP contribution in [0.15, 0.2) is 24.3 Å². The van der Waals surface area contributed by atoms with Crippen LogP contribution in [0.3, 0.4) is 0 Å². The van der Waals surface area contributed by atoms with Gasteiger partial charge in [-0.2, -0.15) is 0 Å². The van der Waals surface area contributed by atoms with Gasteiger partial charge in [0, 0.05) is 24.4 Å². The number of nitrogens with one attached hydrogen (secondary N) is 2. The van der Waals surface area contributed by atoms with E-state index >= 15 is 0 Å². The first kappa shape index (κ1) is 17.5. The molecule has 126 valence electrons. The molecule has 0 heterocycles. The minimum absolute atomic E-state index is 0.0444. The van der Waals surface area contributed by atoms with Gasteiger partial charge in [0.15, 0.2) is 0 Å². The second-order valence-electron chi connectivity index (χ2n) is 6.92. The summed E-state index contributed by atoms with van der Waals surface area (Å²) in [5.41, 5.74) is 2.33. The maximum Gasteiger partial charge on any atom is 0.223 e. The van der Waals surface area contributed by atoms with Crippen LogP contribution in [0.4, 0.5) is 0 Å². The maximum atomic E-state index is 12.3. The quantitative estimate of drug-likeness (QED) is 0.877. The van der Waals surface area contributed by atoms with Crippen molar-refractivity contribution < 1.29 is 9.59 Å². The normalized spacial score (nSPS) is 21.0. The molecule has 1 aromatic rings. The molecule has 2 N–H and O–H groups in total. The van der Waals surface area contributed by atoms with Crippen molar-refractivity contribution in [2.45, 2.75) is 59.0 Å². The Morgan fingerprint density at radius 1 is 1.09 bits per heavy atom. The highest BCUT2D eigenvalue weighted by Gasteiger charge is 2.29. The average molecular weight is 316 g/mol. The topological polar surface area (TPSA) is 58.2 Å². The molecule has 4 nitrogen and oxygen atoms in total. The summed E-state index contributed by atoms with van der Waals surface area (Å²) in [6.07, 6.45) is 3.22. The summed E-state index contributed by atoms with van der Waals surface area (Å²) in [5.74, 6) is 0.369. The lowest BCUT2D eigenvalue weighted by Gasteiger charge is -2.27. The van der Waals surface area contributed by atoms with Crippen molar-refractivity contribution in [3.63, 3.8) is 0 Å². The van der Waals surface area contributed by atoms with Crippen LogP contribution >= 0.6 is 0 Å². The van der Waals surface area contributed by atoms with E-state index in [1.54, 1.807) is 0 Å². The summed E-state index contributed by atoms with van der Waals surface area (Å²) in [6, 6.07) is 8.36. The summed E-state index contributed by atoms with van der Waals surface area (Å²) in [6.45, 7) is 6.58. The van der Waals surface area contributed by atoms with E-state index in [0.717, 1.165) is 31.2 Å². The van der Waals surface area contributed by atoms with Gasteiger partial charge in [0.1, 0.15) is 0 Å². The number of hydrogen-bond acceptors (Lipinski definition) is 2. The highest BCUT2D eigenvalue weighted by molar-refractivity contribution is 5.81. The molecule has 4 heteroatoms. The van der Waals surface area contributed by atoms with E-state index < -0.39 is 0 Å². The molecule has 0 unspecified atom stereocenters. The van der Waals surface area contributed by atoms with Crippen molar-refractivity contribution in [3.05, 3.63) is 35.4 Å². The van der Waals surface area contributed by atoms with Gasteiger partial charge < -0.3 is 10.6 Å². The Morgan fingerprint density at radius 3 is 2.26 bits per heavy atom. The van der Waals surface area contributed by atoms with Gasteiger partial charge in [-0.25, -0.2) is 0 Å². The van der Waals surface area contributed by atoms with Gasteiger partial charge in [-0.3, -0.25) is 9.59 Å². The van der Waals surface area contributed by atoms with E-state index in [1.807, 2.05) is 26.0 Å². The predicted octanol–water partition coefficient (Wildman–Crippen LogP) is 2.94. The molecule has 0 saturated heterocycles. The summed E-state index contributed by atoms with van der Waals surface area (Å²) >= 11 is 0. The monoisotopic (exact) mass is 316 g/mol. The predicted molar refractivity (Wildman–Crippen MR) is 91.8 cm³/mol. The number of benzene rings is 1. The fourth-order valence-electron chi connectivity index (χ4n) is 3.18. The molecule has 0 radical (unpaired) electrons. The molecule has 0 bridgehead atoms. The number of rotatable bonds is 5. The molecule has 1 aliphatic carbocycles. The van der Waals surface area contributed by atoms with Gasteiger partial charge in [0.25, 0.3) is 0 Å². The molecule has 0 aromatic heterocycles. The third-order valence-corrected chi connectivity index (χ3v) is 4.45. The van der Waals surface area contributed by atoms with Crippen LogP contribution in [0.1, 0.15) is 50.7 Å². The average Bonchev–Trinajstić information content (AvgIpc) is 2.52. The molecule has 1 fully saturated rings. The zero-order valence-corrected chi connectivity index (χ0v) is 14.4. The van der Waals surface area contributed by atoms with Crippen LogP contribution in [0.5, 0.6) is 0 Å². The molecule has 1 aromatic carbocycles. The molecular weight excluding hydrogens is 288 g/mol. The van der Waals surface area contributed by atoms with Crippen LogP contribution < -0.4 is 10.6 Å². The van der Waals surface area contributed by atoms with Gasteiger partial charge >= 0.3 is 0 Å². The molecule has 0 atom stereocenters. The molecule has 0 aliphatic heterocycles. The highest BCUT2D eigenvalue weighted by atomic mass is 16.2. The van der Waals surface area contributed by atoms with Crippen LogP contribution in [-0.4, -0.2) is 17.9 Å². The molecular formula is C19H28N2O2. The third-order valence-electron chi connectivity index (χ3n) is 4.45. The van der Waals surface area contributed by atoms with E-state index in [2.05, 4.69) is 29.7 Å². The Kier molecular flexibility index (Phi) is 6.20. The van der Waals surface area contributed by atoms with Gasteiger partial charge in [0.05, 0.1) is 0 Å². The molecule has 23 heavy (non-hydrogen) atoms. The molecule has 1 aliphatic rings. The van der Waals surface area contributed by atoms with Gasteiger partial charge in [0.2, 0.25) is 11.8 Å². The van der Waals surface area contributed by atoms with Crippen molar-refractivity contribution >= 4 is 11.8 Å². The van der Waals surface area contributed by atoms with Gasteiger partial charge in [-0.15, -0.1) is 0 Å². The van der Waals surface area contributed by atoms with Crippen molar-refractivity contribution in [2.24, 2.45) is 11.8 Å². The van der Waals surface area contributed by atoms with Crippen LogP contribution in [0.2, 0.25) is 0 Å². The number of carbonyl (C=O) groups excluding carboxylic acids is 2. The molecule has 2 rings (SSSR count). The first-order chi connectivity index (χ1) is 11.0. The fraction of sp³-hybridized carbons (Fsp3) is 0.579. The second-order valence-corrected chi connectivity index (χ2v) is 6.92. The van der Waals surface area contributed by atoms with Crippen molar-refractivity contribution in [1.29, 1.82) is 0 Å². The Balaban J connectivity index is 1.76. The lowest BCUT2D eigenvalue weighted by atomic mass is 9.81. The van der Waals surface area contributed by atoms with Crippen LogP contribution in [0, 0.1) is 18.8 Å². The fourth-order valence-corrected chi connectivity index (χ4v) is 3.18. The van der Waals surface area contributed by atoms with E-state index in [9.17, 15) is 9.59 Å². The van der Waals surface area contributed by atoms with Crippen molar-refractivity contribution in [1.82, 2.24) is 10.6 Å². The third kappa shape index (κ3) is 5.38. The SMILES string of the molecule is Cc1cccc(CNC(=O)C2CCC(C(=O)NC(C)C)CC2)c1.